The molecule has 204 valence electrons. The standard InChI is InChI=1S/C30H28FN5O4/c1-4-30(39,16-40-5-2)28-23(17-9-11-18(12-10-17)29(37)38)24-22(13-20-14-32-34-26(20)25(24)31)36(28)21-8-6-7-19-15-33-35(3)27(19)21/h6-15,39H,4-5,16H2,1-3H3,(H,32,34)(H,37,38). The SMILES string of the molecule is CCOCC(O)(CC)c1c(-c2ccc(C(=O)O)cc2)c2c(F)c3[nH]ncc3cc2n1-c1cccc2cnn(C)c12. The molecule has 0 bridgehead atoms. The molecule has 6 aromatic rings. The minimum Gasteiger partial charge on any atom is -0.478 e. The molecule has 3 heterocycles. The summed E-state index contributed by atoms with van der Waals surface area (Å²) in [7, 11) is 1.84. The minimum absolute atomic E-state index is 0.0288. The molecule has 0 aliphatic heterocycles. The maximum absolute atomic E-state index is 16.5. The van der Waals surface area contributed by atoms with E-state index in [1.54, 1.807) is 29.2 Å². The summed E-state index contributed by atoms with van der Waals surface area (Å²) in [6, 6.07) is 13.9. The molecule has 9 nitrogen and oxygen atoms in total. The molecule has 0 aliphatic rings. The normalized spacial score (nSPS) is 13.4. The number of hydrogen-bond acceptors (Lipinski definition) is 5. The number of ether oxygens (including phenoxy) is 1. The Morgan fingerprint density at radius 3 is 2.60 bits per heavy atom. The highest BCUT2D eigenvalue weighted by molar-refractivity contribution is 6.07. The van der Waals surface area contributed by atoms with Crippen LogP contribution in [0.15, 0.2) is 60.9 Å². The van der Waals surface area contributed by atoms with E-state index in [0.29, 0.717) is 40.0 Å². The molecule has 0 radical (unpaired) electrons. The number of benzene rings is 3. The second-order valence-electron chi connectivity index (χ2n) is 9.87. The summed E-state index contributed by atoms with van der Waals surface area (Å²) in [6.45, 7) is 4.06. The second-order valence-corrected chi connectivity index (χ2v) is 9.87. The quantitative estimate of drug-likeness (QED) is 0.233. The van der Waals surface area contributed by atoms with Crippen LogP contribution >= 0.6 is 0 Å². The number of carbonyl (C=O) groups is 1. The van der Waals surface area contributed by atoms with Gasteiger partial charge in [0.2, 0.25) is 0 Å². The summed E-state index contributed by atoms with van der Waals surface area (Å²) in [5.41, 5.74) is 2.28. The molecule has 0 aliphatic carbocycles. The summed E-state index contributed by atoms with van der Waals surface area (Å²) in [6.07, 6.45) is 3.59. The van der Waals surface area contributed by atoms with Gasteiger partial charge in [0.05, 0.1) is 47.0 Å². The zero-order valence-corrected chi connectivity index (χ0v) is 22.3. The third-order valence-electron chi connectivity index (χ3n) is 7.58. The molecule has 6 rings (SSSR count). The number of carboxylic acids is 1. The van der Waals surface area contributed by atoms with Crippen LogP contribution in [0.3, 0.4) is 0 Å². The van der Waals surface area contributed by atoms with E-state index in [1.165, 1.54) is 12.1 Å². The number of rotatable bonds is 8. The average Bonchev–Trinajstić information content (AvgIpc) is 3.68. The first-order chi connectivity index (χ1) is 19.3. The summed E-state index contributed by atoms with van der Waals surface area (Å²) < 4.78 is 26.0. The number of aromatic amines is 1. The largest absolute Gasteiger partial charge is 0.478 e. The molecule has 3 N–H and O–H groups in total. The third kappa shape index (κ3) is 3.79. The van der Waals surface area contributed by atoms with Crippen molar-refractivity contribution < 1.29 is 24.1 Å². The van der Waals surface area contributed by atoms with Gasteiger partial charge in [0.25, 0.3) is 0 Å². The van der Waals surface area contributed by atoms with Crippen LogP contribution in [-0.2, 0) is 17.4 Å². The van der Waals surface area contributed by atoms with E-state index in [0.717, 1.165) is 10.9 Å². The van der Waals surface area contributed by atoms with E-state index < -0.39 is 17.4 Å². The van der Waals surface area contributed by atoms with Crippen LogP contribution in [0.1, 0.15) is 36.3 Å². The zero-order chi connectivity index (χ0) is 28.2. The molecular formula is C30H28FN5O4. The lowest BCUT2D eigenvalue weighted by atomic mass is 9.89. The summed E-state index contributed by atoms with van der Waals surface area (Å²) in [5, 5.41) is 34.8. The maximum Gasteiger partial charge on any atom is 0.335 e. The Hall–Kier alpha value is -4.54. The van der Waals surface area contributed by atoms with Gasteiger partial charge in [0.15, 0.2) is 5.82 Å². The Morgan fingerprint density at radius 2 is 1.90 bits per heavy atom. The fourth-order valence-electron chi connectivity index (χ4n) is 5.56. The molecule has 1 atom stereocenters. The number of para-hydroxylation sites is 1. The van der Waals surface area contributed by atoms with Crippen LogP contribution in [0.4, 0.5) is 4.39 Å². The molecule has 0 amide bonds. The third-order valence-corrected chi connectivity index (χ3v) is 7.58. The van der Waals surface area contributed by atoms with Crippen molar-refractivity contribution in [3.63, 3.8) is 0 Å². The van der Waals surface area contributed by atoms with E-state index in [2.05, 4.69) is 15.3 Å². The number of halogens is 1. The van der Waals surface area contributed by atoms with Crippen molar-refractivity contribution >= 4 is 38.7 Å². The van der Waals surface area contributed by atoms with Gasteiger partial charge in [-0.3, -0.25) is 9.78 Å². The zero-order valence-electron chi connectivity index (χ0n) is 22.3. The first kappa shape index (κ1) is 25.7. The van der Waals surface area contributed by atoms with Crippen molar-refractivity contribution in [1.29, 1.82) is 0 Å². The van der Waals surface area contributed by atoms with Crippen LogP contribution in [-0.4, -0.2) is 53.9 Å². The number of aromatic carboxylic acids is 1. The average molecular weight is 542 g/mol. The lowest BCUT2D eigenvalue weighted by Gasteiger charge is -2.30. The first-order valence-electron chi connectivity index (χ1n) is 13.0. The number of H-pyrrole nitrogens is 1. The summed E-state index contributed by atoms with van der Waals surface area (Å²) >= 11 is 0. The van der Waals surface area contributed by atoms with Crippen molar-refractivity contribution in [2.45, 2.75) is 25.9 Å². The Labute approximate surface area is 228 Å². The van der Waals surface area contributed by atoms with Crippen molar-refractivity contribution in [2.75, 3.05) is 13.2 Å². The van der Waals surface area contributed by atoms with Gasteiger partial charge in [0.1, 0.15) is 11.1 Å². The van der Waals surface area contributed by atoms with Gasteiger partial charge in [0, 0.05) is 35.4 Å². The number of carboxylic acid groups (broad SMARTS) is 1. The highest BCUT2D eigenvalue weighted by Crippen LogP contribution is 2.46. The Morgan fingerprint density at radius 1 is 1.12 bits per heavy atom. The van der Waals surface area contributed by atoms with Gasteiger partial charge in [-0.25, -0.2) is 9.18 Å². The van der Waals surface area contributed by atoms with Gasteiger partial charge in [-0.15, -0.1) is 0 Å². The smallest absolute Gasteiger partial charge is 0.335 e. The molecule has 0 saturated carbocycles. The number of nitrogens with zero attached hydrogens (tertiary/aromatic N) is 4. The number of hydrogen-bond donors (Lipinski definition) is 3. The molecule has 10 heteroatoms. The highest BCUT2D eigenvalue weighted by Gasteiger charge is 2.38. The highest BCUT2D eigenvalue weighted by atomic mass is 19.1. The van der Waals surface area contributed by atoms with E-state index in [-0.39, 0.29) is 29.5 Å². The fourth-order valence-corrected chi connectivity index (χ4v) is 5.56. The molecule has 0 saturated heterocycles. The molecule has 3 aromatic heterocycles. The Kier molecular flexibility index (Phi) is 6.16. The molecule has 1 unspecified atom stereocenters. The monoisotopic (exact) mass is 541 g/mol. The maximum atomic E-state index is 16.5. The second kappa shape index (κ2) is 9.58. The van der Waals surface area contributed by atoms with Gasteiger partial charge >= 0.3 is 5.97 Å². The first-order valence-corrected chi connectivity index (χ1v) is 13.0. The molecule has 0 fully saturated rings. The molecule has 40 heavy (non-hydrogen) atoms. The molecule has 3 aromatic carbocycles. The van der Waals surface area contributed by atoms with Crippen LogP contribution in [0.5, 0.6) is 0 Å². The van der Waals surface area contributed by atoms with Gasteiger partial charge in [-0.2, -0.15) is 10.2 Å². The van der Waals surface area contributed by atoms with E-state index in [1.807, 2.05) is 49.7 Å². The lowest BCUT2D eigenvalue weighted by molar-refractivity contribution is -0.0539. The van der Waals surface area contributed by atoms with E-state index in [9.17, 15) is 15.0 Å². The molecular weight excluding hydrogens is 513 g/mol. The number of aryl methyl sites for hydroxylation is 1. The Balaban J connectivity index is 1.84. The van der Waals surface area contributed by atoms with Gasteiger partial charge in [-0.1, -0.05) is 31.2 Å². The van der Waals surface area contributed by atoms with E-state index in [4.69, 9.17) is 4.74 Å². The predicted octanol–water partition coefficient (Wildman–Crippen LogP) is 5.53. The van der Waals surface area contributed by atoms with Crippen molar-refractivity contribution in [3.8, 4) is 16.8 Å². The Bertz CT molecular complexity index is 1900. The topological polar surface area (TPSA) is 118 Å². The summed E-state index contributed by atoms with van der Waals surface area (Å²) in [5.74, 6) is -1.58. The van der Waals surface area contributed by atoms with Crippen molar-refractivity contribution in [3.05, 3.63) is 78.0 Å². The number of aliphatic hydroxyl groups is 1. The number of aromatic nitrogens is 5. The van der Waals surface area contributed by atoms with E-state index >= 15 is 4.39 Å². The van der Waals surface area contributed by atoms with Crippen LogP contribution in [0, 0.1) is 5.82 Å². The molecule has 0 spiro atoms. The van der Waals surface area contributed by atoms with Crippen LogP contribution in [0.2, 0.25) is 0 Å². The minimum atomic E-state index is -1.53. The van der Waals surface area contributed by atoms with Gasteiger partial charge < -0.3 is 19.5 Å². The predicted molar refractivity (Wildman–Crippen MR) is 150 cm³/mol. The lowest BCUT2D eigenvalue weighted by Crippen LogP contribution is -2.34. The van der Waals surface area contributed by atoms with Gasteiger partial charge in [-0.05, 0) is 43.2 Å². The number of nitrogens with one attached hydrogen (secondary N) is 1. The fraction of sp³-hybridized carbons (Fsp3) is 0.233. The van der Waals surface area contributed by atoms with Crippen molar-refractivity contribution in [2.24, 2.45) is 7.05 Å². The number of fused-ring (bicyclic) bond motifs is 3. The van der Waals surface area contributed by atoms with Crippen molar-refractivity contribution in [1.82, 2.24) is 24.5 Å². The van der Waals surface area contributed by atoms with Crippen LogP contribution < -0.4 is 0 Å². The van der Waals surface area contributed by atoms with Crippen LogP contribution in [0.25, 0.3) is 49.5 Å². The summed E-state index contributed by atoms with van der Waals surface area (Å²) in [4.78, 5) is 11.6.